The van der Waals surface area contributed by atoms with E-state index in [0.717, 1.165) is 36.2 Å². The van der Waals surface area contributed by atoms with Gasteiger partial charge in [0.25, 0.3) is 0 Å². The van der Waals surface area contributed by atoms with E-state index in [1.807, 2.05) is 12.4 Å². The molecule has 2 unspecified atom stereocenters. The number of aryl methyl sites for hydroxylation is 1. The lowest BCUT2D eigenvalue weighted by atomic mass is 9.95. The van der Waals surface area contributed by atoms with Gasteiger partial charge in [-0.1, -0.05) is 19.1 Å². The Morgan fingerprint density at radius 3 is 2.46 bits per heavy atom. The number of morpholine rings is 1. The number of alkyl halides is 3. The van der Waals surface area contributed by atoms with Crippen LogP contribution in [0.1, 0.15) is 47.9 Å². The molecule has 3 rings (SSSR count). The van der Waals surface area contributed by atoms with Crippen LogP contribution in [0.3, 0.4) is 0 Å². The van der Waals surface area contributed by atoms with Crippen LogP contribution in [0.25, 0.3) is 0 Å². The molecule has 140 valence electrons. The van der Waals surface area contributed by atoms with Crippen molar-refractivity contribution in [3.05, 3.63) is 59.2 Å². The van der Waals surface area contributed by atoms with E-state index in [2.05, 4.69) is 22.2 Å². The SMILES string of the molecule is CC(CCc1ccc(C(F)(F)F)cc1)c1cnc(C2CNCCO2)nc1. The summed E-state index contributed by atoms with van der Waals surface area (Å²) in [4.78, 5) is 8.83. The fourth-order valence-corrected chi connectivity index (χ4v) is 2.91. The minimum atomic E-state index is -4.29. The van der Waals surface area contributed by atoms with E-state index < -0.39 is 11.7 Å². The van der Waals surface area contributed by atoms with E-state index in [-0.39, 0.29) is 12.0 Å². The molecular weight excluding hydrogens is 343 g/mol. The molecule has 0 bridgehead atoms. The summed E-state index contributed by atoms with van der Waals surface area (Å²) < 4.78 is 43.4. The van der Waals surface area contributed by atoms with Gasteiger partial charge in [0.1, 0.15) is 6.10 Å². The Morgan fingerprint density at radius 1 is 1.19 bits per heavy atom. The summed E-state index contributed by atoms with van der Waals surface area (Å²) in [7, 11) is 0. The van der Waals surface area contributed by atoms with Gasteiger partial charge in [-0.3, -0.25) is 0 Å². The van der Waals surface area contributed by atoms with Gasteiger partial charge in [0.05, 0.1) is 12.2 Å². The van der Waals surface area contributed by atoms with E-state index in [9.17, 15) is 13.2 Å². The Hall–Kier alpha value is -1.99. The third-order valence-corrected chi connectivity index (χ3v) is 4.62. The maximum atomic E-state index is 12.6. The maximum Gasteiger partial charge on any atom is 0.416 e. The number of nitrogens with one attached hydrogen (secondary N) is 1. The first-order valence-corrected chi connectivity index (χ1v) is 8.74. The molecule has 1 saturated heterocycles. The molecule has 1 fully saturated rings. The average molecular weight is 365 g/mol. The summed E-state index contributed by atoms with van der Waals surface area (Å²) in [5, 5.41) is 3.25. The molecule has 1 aromatic heterocycles. The summed E-state index contributed by atoms with van der Waals surface area (Å²) in [5.41, 5.74) is 1.30. The topological polar surface area (TPSA) is 47.0 Å². The van der Waals surface area contributed by atoms with Crippen molar-refractivity contribution in [2.75, 3.05) is 19.7 Å². The lowest BCUT2D eigenvalue weighted by molar-refractivity contribution is -0.137. The third-order valence-electron chi connectivity index (χ3n) is 4.62. The molecule has 0 radical (unpaired) electrons. The van der Waals surface area contributed by atoms with Crippen molar-refractivity contribution >= 4 is 0 Å². The predicted octanol–water partition coefficient (Wildman–Crippen LogP) is 3.89. The van der Waals surface area contributed by atoms with Crippen LogP contribution in [0.4, 0.5) is 13.2 Å². The second-order valence-corrected chi connectivity index (χ2v) is 6.57. The number of benzene rings is 1. The highest BCUT2D eigenvalue weighted by molar-refractivity contribution is 5.25. The van der Waals surface area contributed by atoms with Gasteiger partial charge in [0, 0.05) is 25.5 Å². The fourth-order valence-electron chi connectivity index (χ4n) is 2.91. The molecule has 26 heavy (non-hydrogen) atoms. The van der Waals surface area contributed by atoms with Crippen LogP contribution in [0, 0.1) is 0 Å². The number of halogens is 3. The van der Waals surface area contributed by atoms with E-state index >= 15 is 0 Å². The Bertz CT molecular complexity index is 695. The Kier molecular flexibility index (Phi) is 5.88. The minimum Gasteiger partial charge on any atom is -0.368 e. The Balaban J connectivity index is 1.55. The van der Waals surface area contributed by atoms with Gasteiger partial charge in [0.15, 0.2) is 5.82 Å². The largest absolute Gasteiger partial charge is 0.416 e. The summed E-state index contributed by atoms with van der Waals surface area (Å²) in [6.07, 6.45) is 0.754. The standard InChI is InChI=1S/C19H22F3N3O/c1-13(2-3-14-4-6-16(7-5-14)19(20,21)22)15-10-24-18(25-11-15)17-12-23-8-9-26-17/h4-7,10-11,13,17,23H,2-3,8-9,12H2,1H3. The molecule has 2 aromatic rings. The molecule has 2 heterocycles. The summed E-state index contributed by atoms with van der Waals surface area (Å²) in [6.45, 7) is 4.28. The van der Waals surface area contributed by atoms with E-state index in [1.54, 1.807) is 12.1 Å². The minimum absolute atomic E-state index is 0.111. The normalized spacial score (nSPS) is 19.3. The third kappa shape index (κ3) is 4.80. The molecule has 1 aromatic carbocycles. The van der Waals surface area contributed by atoms with Crippen molar-refractivity contribution in [2.45, 2.75) is 38.0 Å². The molecule has 0 spiro atoms. The van der Waals surface area contributed by atoms with Crippen molar-refractivity contribution in [1.82, 2.24) is 15.3 Å². The van der Waals surface area contributed by atoms with Gasteiger partial charge < -0.3 is 10.1 Å². The number of hydrogen-bond acceptors (Lipinski definition) is 4. The monoisotopic (exact) mass is 365 g/mol. The number of aromatic nitrogens is 2. The first-order valence-electron chi connectivity index (χ1n) is 8.74. The van der Waals surface area contributed by atoms with Gasteiger partial charge in [-0.2, -0.15) is 13.2 Å². The lowest BCUT2D eigenvalue weighted by Crippen LogP contribution is -2.34. The first kappa shape index (κ1) is 18.8. The molecule has 1 N–H and O–H groups in total. The van der Waals surface area contributed by atoms with Crippen LogP contribution in [-0.2, 0) is 17.3 Å². The Morgan fingerprint density at radius 2 is 1.88 bits per heavy atom. The van der Waals surface area contributed by atoms with E-state index in [1.165, 1.54) is 0 Å². The fraction of sp³-hybridized carbons (Fsp3) is 0.474. The number of rotatable bonds is 5. The van der Waals surface area contributed by atoms with Crippen LogP contribution in [-0.4, -0.2) is 29.7 Å². The zero-order valence-corrected chi connectivity index (χ0v) is 14.6. The summed E-state index contributed by atoms with van der Waals surface area (Å²) in [5.74, 6) is 0.896. The van der Waals surface area contributed by atoms with Crippen molar-refractivity contribution in [1.29, 1.82) is 0 Å². The van der Waals surface area contributed by atoms with Crippen LogP contribution in [0.15, 0.2) is 36.7 Å². The first-order chi connectivity index (χ1) is 12.4. The van der Waals surface area contributed by atoms with Crippen LogP contribution < -0.4 is 5.32 Å². The maximum absolute atomic E-state index is 12.6. The predicted molar refractivity (Wildman–Crippen MR) is 91.8 cm³/mol. The zero-order valence-electron chi connectivity index (χ0n) is 14.6. The molecular formula is C19H22F3N3O. The van der Waals surface area contributed by atoms with Gasteiger partial charge in [-0.15, -0.1) is 0 Å². The van der Waals surface area contributed by atoms with Gasteiger partial charge in [-0.25, -0.2) is 9.97 Å². The van der Waals surface area contributed by atoms with Crippen LogP contribution in [0.5, 0.6) is 0 Å². The molecule has 0 saturated carbocycles. The van der Waals surface area contributed by atoms with Gasteiger partial charge >= 0.3 is 6.18 Å². The highest BCUT2D eigenvalue weighted by Crippen LogP contribution is 2.29. The van der Waals surface area contributed by atoms with Crippen LogP contribution >= 0.6 is 0 Å². The quantitative estimate of drug-likeness (QED) is 0.873. The van der Waals surface area contributed by atoms with Gasteiger partial charge in [0.2, 0.25) is 0 Å². The molecule has 1 aliphatic heterocycles. The molecule has 0 amide bonds. The summed E-state index contributed by atoms with van der Waals surface area (Å²) in [6, 6.07) is 5.36. The Labute approximate surface area is 150 Å². The molecule has 2 atom stereocenters. The molecule has 0 aliphatic carbocycles. The molecule has 1 aliphatic rings. The average Bonchev–Trinajstić information content (AvgIpc) is 2.66. The molecule has 7 heteroatoms. The highest BCUT2D eigenvalue weighted by atomic mass is 19.4. The van der Waals surface area contributed by atoms with Crippen molar-refractivity contribution < 1.29 is 17.9 Å². The van der Waals surface area contributed by atoms with Crippen molar-refractivity contribution in [3.63, 3.8) is 0 Å². The number of ether oxygens (including phenoxy) is 1. The number of hydrogen-bond donors (Lipinski definition) is 1. The smallest absolute Gasteiger partial charge is 0.368 e. The zero-order chi connectivity index (χ0) is 18.6. The summed E-state index contributed by atoms with van der Waals surface area (Å²) >= 11 is 0. The van der Waals surface area contributed by atoms with E-state index in [0.29, 0.717) is 25.4 Å². The number of nitrogens with zero attached hydrogens (tertiary/aromatic N) is 2. The molecule has 4 nitrogen and oxygen atoms in total. The highest BCUT2D eigenvalue weighted by Gasteiger charge is 2.29. The van der Waals surface area contributed by atoms with Crippen molar-refractivity contribution in [3.8, 4) is 0 Å². The lowest BCUT2D eigenvalue weighted by Gasteiger charge is -2.22. The van der Waals surface area contributed by atoms with E-state index in [4.69, 9.17) is 4.74 Å². The van der Waals surface area contributed by atoms with Crippen molar-refractivity contribution in [2.24, 2.45) is 0 Å². The van der Waals surface area contributed by atoms with Crippen LogP contribution in [0.2, 0.25) is 0 Å². The second kappa shape index (κ2) is 8.14. The second-order valence-electron chi connectivity index (χ2n) is 6.57. The van der Waals surface area contributed by atoms with Gasteiger partial charge in [-0.05, 0) is 42.0 Å².